The van der Waals surface area contributed by atoms with Crippen LogP contribution in [0, 0.1) is 6.92 Å². The number of aromatic nitrogens is 2. The van der Waals surface area contributed by atoms with Gasteiger partial charge in [-0.3, -0.25) is 10.4 Å². The highest BCUT2D eigenvalue weighted by atomic mass is 16.3. The van der Waals surface area contributed by atoms with E-state index in [1.807, 2.05) is 26.0 Å². The van der Waals surface area contributed by atoms with E-state index in [1.165, 1.54) is 0 Å². The standard InChI is InChI=1S/C13H13N5O/c1-3-15-18-12-9-6-14-7-10(9)16-13(17-12)11-5-4-8(2)19-11/h3-6H,7H2,1-2H3,(H,16,17,18)/b15-3+. The molecule has 19 heavy (non-hydrogen) atoms. The van der Waals surface area contributed by atoms with E-state index < -0.39 is 0 Å². The first-order valence-corrected chi connectivity index (χ1v) is 5.99. The van der Waals surface area contributed by atoms with Crippen molar-refractivity contribution in [3.05, 3.63) is 29.2 Å². The Morgan fingerprint density at radius 2 is 2.26 bits per heavy atom. The van der Waals surface area contributed by atoms with Crippen LogP contribution >= 0.6 is 0 Å². The summed E-state index contributed by atoms with van der Waals surface area (Å²) in [5.41, 5.74) is 4.67. The fourth-order valence-corrected chi connectivity index (χ4v) is 1.87. The summed E-state index contributed by atoms with van der Waals surface area (Å²) in [6.07, 6.45) is 3.43. The largest absolute Gasteiger partial charge is 0.458 e. The maximum absolute atomic E-state index is 5.56. The van der Waals surface area contributed by atoms with Gasteiger partial charge in [0.25, 0.3) is 0 Å². The highest BCUT2D eigenvalue weighted by molar-refractivity contribution is 5.90. The molecule has 2 aromatic rings. The van der Waals surface area contributed by atoms with Gasteiger partial charge in [0.2, 0.25) is 0 Å². The molecule has 6 heteroatoms. The van der Waals surface area contributed by atoms with Gasteiger partial charge in [-0.25, -0.2) is 9.97 Å². The third-order valence-corrected chi connectivity index (χ3v) is 2.75. The molecule has 3 heterocycles. The van der Waals surface area contributed by atoms with Crippen LogP contribution in [-0.2, 0) is 6.54 Å². The Morgan fingerprint density at radius 1 is 1.37 bits per heavy atom. The van der Waals surface area contributed by atoms with Crippen LogP contribution in [0.3, 0.4) is 0 Å². The first-order valence-electron chi connectivity index (χ1n) is 5.99. The maximum atomic E-state index is 5.56. The van der Waals surface area contributed by atoms with Crippen molar-refractivity contribution in [1.29, 1.82) is 0 Å². The lowest BCUT2D eigenvalue weighted by atomic mass is 10.2. The third kappa shape index (κ3) is 2.12. The Bertz CT molecular complexity index is 672. The lowest BCUT2D eigenvalue weighted by Gasteiger charge is -2.06. The molecule has 2 aromatic heterocycles. The molecule has 0 saturated heterocycles. The van der Waals surface area contributed by atoms with Gasteiger partial charge in [0.1, 0.15) is 5.76 Å². The van der Waals surface area contributed by atoms with Crippen LogP contribution in [-0.4, -0.2) is 22.4 Å². The van der Waals surface area contributed by atoms with Gasteiger partial charge in [-0.15, -0.1) is 0 Å². The summed E-state index contributed by atoms with van der Waals surface area (Å²) in [6.45, 7) is 4.29. The summed E-state index contributed by atoms with van der Waals surface area (Å²) in [5.74, 6) is 2.67. The number of hydrazone groups is 1. The van der Waals surface area contributed by atoms with Crippen molar-refractivity contribution in [3.8, 4) is 11.6 Å². The maximum Gasteiger partial charge on any atom is 0.198 e. The number of hydrogen-bond acceptors (Lipinski definition) is 6. The number of hydrogen-bond donors (Lipinski definition) is 1. The average molecular weight is 255 g/mol. The highest BCUT2D eigenvalue weighted by Crippen LogP contribution is 2.25. The Balaban J connectivity index is 2.08. The van der Waals surface area contributed by atoms with E-state index in [-0.39, 0.29) is 0 Å². The van der Waals surface area contributed by atoms with Gasteiger partial charge in [0, 0.05) is 12.4 Å². The van der Waals surface area contributed by atoms with Gasteiger partial charge < -0.3 is 4.42 Å². The Kier molecular flexibility index (Phi) is 2.83. The summed E-state index contributed by atoms with van der Waals surface area (Å²) < 4.78 is 5.56. The molecule has 1 N–H and O–H groups in total. The number of aryl methyl sites for hydroxylation is 1. The van der Waals surface area contributed by atoms with Gasteiger partial charge in [-0.2, -0.15) is 5.10 Å². The summed E-state index contributed by atoms with van der Waals surface area (Å²) in [6, 6.07) is 3.75. The zero-order chi connectivity index (χ0) is 13.2. The minimum Gasteiger partial charge on any atom is -0.458 e. The molecule has 0 bridgehead atoms. The summed E-state index contributed by atoms with van der Waals surface area (Å²) in [7, 11) is 0. The lowest BCUT2D eigenvalue weighted by molar-refractivity contribution is 0.544. The van der Waals surface area contributed by atoms with Gasteiger partial charge >= 0.3 is 0 Å². The van der Waals surface area contributed by atoms with Gasteiger partial charge in [-0.1, -0.05) is 0 Å². The van der Waals surface area contributed by atoms with Crippen molar-refractivity contribution in [3.63, 3.8) is 0 Å². The molecule has 0 amide bonds. The van der Waals surface area contributed by atoms with Crippen LogP contribution in [0.2, 0.25) is 0 Å². The van der Waals surface area contributed by atoms with E-state index in [1.54, 1.807) is 12.4 Å². The van der Waals surface area contributed by atoms with Crippen molar-refractivity contribution in [2.75, 3.05) is 5.43 Å². The van der Waals surface area contributed by atoms with Gasteiger partial charge in [0.05, 0.1) is 17.8 Å². The number of nitrogens with zero attached hydrogens (tertiary/aromatic N) is 4. The fourth-order valence-electron chi connectivity index (χ4n) is 1.87. The molecule has 0 aromatic carbocycles. The Labute approximate surface area is 110 Å². The zero-order valence-electron chi connectivity index (χ0n) is 10.7. The van der Waals surface area contributed by atoms with Crippen molar-refractivity contribution in [2.24, 2.45) is 10.1 Å². The topological polar surface area (TPSA) is 75.7 Å². The van der Waals surface area contributed by atoms with Crippen LogP contribution in [0.5, 0.6) is 0 Å². The second kappa shape index (κ2) is 4.64. The summed E-state index contributed by atoms with van der Waals surface area (Å²) in [5, 5.41) is 4.00. The van der Waals surface area contributed by atoms with Crippen LogP contribution in [0.1, 0.15) is 23.9 Å². The number of anilines is 1. The fraction of sp³-hybridized carbons (Fsp3) is 0.231. The number of nitrogens with one attached hydrogen (secondary N) is 1. The molecular weight excluding hydrogens is 242 g/mol. The van der Waals surface area contributed by atoms with Crippen LogP contribution in [0.15, 0.2) is 26.6 Å². The minimum atomic E-state index is 0.547. The van der Waals surface area contributed by atoms with E-state index in [9.17, 15) is 0 Å². The summed E-state index contributed by atoms with van der Waals surface area (Å²) in [4.78, 5) is 13.1. The molecule has 0 radical (unpaired) electrons. The molecule has 6 nitrogen and oxygen atoms in total. The number of furan rings is 1. The minimum absolute atomic E-state index is 0.547. The molecule has 0 aliphatic carbocycles. The second-order valence-corrected chi connectivity index (χ2v) is 4.14. The molecule has 0 saturated carbocycles. The molecule has 0 unspecified atom stereocenters. The smallest absolute Gasteiger partial charge is 0.198 e. The van der Waals surface area contributed by atoms with Gasteiger partial charge in [0.15, 0.2) is 17.4 Å². The molecule has 3 rings (SSSR count). The number of fused-ring (bicyclic) bond motifs is 1. The van der Waals surface area contributed by atoms with Crippen molar-refractivity contribution in [1.82, 2.24) is 9.97 Å². The molecule has 0 spiro atoms. The van der Waals surface area contributed by atoms with Crippen molar-refractivity contribution < 1.29 is 4.42 Å². The molecule has 1 aliphatic heterocycles. The first-order chi connectivity index (χ1) is 9.28. The number of aliphatic imine (C=N–C) groups is 1. The molecule has 96 valence electrons. The second-order valence-electron chi connectivity index (χ2n) is 4.14. The molecular formula is C13H13N5O. The molecule has 1 aliphatic rings. The summed E-state index contributed by atoms with van der Waals surface area (Å²) >= 11 is 0. The zero-order valence-corrected chi connectivity index (χ0v) is 10.7. The van der Waals surface area contributed by atoms with Crippen molar-refractivity contribution in [2.45, 2.75) is 20.4 Å². The van der Waals surface area contributed by atoms with Crippen LogP contribution < -0.4 is 5.43 Å². The number of rotatable bonds is 3. The third-order valence-electron chi connectivity index (χ3n) is 2.75. The predicted molar refractivity (Wildman–Crippen MR) is 73.6 cm³/mol. The first kappa shape index (κ1) is 11.6. The predicted octanol–water partition coefficient (Wildman–Crippen LogP) is 2.40. The van der Waals surface area contributed by atoms with E-state index in [4.69, 9.17) is 4.42 Å². The van der Waals surface area contributed by atoms with Crippen molar-refractivity contribution >= 4 is 18.2 Å². The monoisotopic (exact) mass is 255 g/mol. The molecule has 0 fully saturated rings. The van der Waals surface area contributed by atoms with E-state index >= 15 is 0 Å². The SMILES string of the molecule is C/C=N/Nc1nc(-c2ccc(C)o2)nc2c1C=NC2. The quantitative estimate of drug-likeness (QED) is 0.675. The van der Waals surface area contributed by atoms with Crippen LogP contribution in [0.4, 0.5) is 5.82 Å². The molecule has 0 atom stereocenters. The highest BCUT2D eigenvalue weighted by Gasteiger charge is 2.18. The average Bonchev–Trinajstić information content (AvgIpc) is 3.03. The van der Waals surface area contributed by atoms with Gasteiger partial charge in [-0.05, 0) is 26.0 Å². The van der Waals surface area contributed by atoms with E-state index in [0.29, 0.717) is 23.9 Å². The van der Waals surface area contributed by atoms with E-state index in [0.717, 1.165) is 17.0 Å². The lowest BCUT2D eigenvalue weighted by Crippen LogP contribution is -2.03. The van der Waals surface area contributed by atoms with E-state index in [2.05, 4.69) is 25.5 Å². The normalized spacial score (nSPS) is 13.2. The Hall–Kier alpha value is -2.50. The van der Waals surface area contributed by atoms with Crippen LogP contribution in [0.25, 0.3) is 11.6 Å². The Morgan fingerprint density at radius 3 is 3.00 bits per heavy atom.